The largest absolute Gasteiger partial charge is 0.320 e. The number of unbranched alkanes of at least 4 members (excludes halogenated alkanes) is 3. The molecule has 0 unspecified atom stereocenters. The summed E-state index contributed by atoms with van der Waals surface area (Å²) in [7, 11) is -1.48. The first-order valence-corrected chi connectivity index (χ1v) is 7.22. The minimum atomic E-state index is -3.28. The summed E-state index contributed by atoms with van der Waals surface area (Å²) in [4.78, 5) is 0. The van der Waals surface area contributed by atoms with E-state index in [9.17, 15) is 8.42 Å². The van der Waals surface area contributed by atoms with Crippen LogP contribution in [0.5, 0.6) is 0 Å². The molecule has 92 valence electrons. The molecule has 5 heteroatoms. The fourth-order valence-corrected chi connectivity index (χ4v) is 2.19. The number of nitrogens with one attached hydrogen (secondary N) is 1. The Kier molecular flexibility index (Phi) is 9.04. The summed E-state index contributed by atoms with van der Waals surface area (Å²) >= 11 is 0. The molecule has 15 heavy (non-hydrogen) atoms. The standard InChI is InChI=1S/C10H23NO3S/c1-3-4-5-6-9-14-15(12,13)10-7-8-11-2/h11H,3-10H2,1-2H3. The summed E-state index contributed by atoms with van der Waals surface area (Å²) < 4.78 is 27.4. The van der Waals surface area contributed by atoms with E-state index < -0.39 is 10.1 Å². The number of hydrogen-bond acceptors (Lipinski definition) is 4. The molecule has 0 atom stereocenters. The van der Waals surface area contributed by atoms with Gasteiger partial charge < -0.3 is 5.32 Å². The van der Waals surface area contributed by atoms with Crippen LogP contribution in [0.3, 0.4) is 0 Å². The smallest absolute Gasteiger partial charge is 0.267 e. The van der Waals surface area contributed by atoms with Crippen LogP contribution >= 0.6 is 0 Å². The zero-order valence-corrected chi connectivity index (χ0v) is 10.6. The average molecular weight is 237 g/mol. The Balaban J connectivity index is 3.47. The fourth-order valence-electron chi connectivity index (χ4n) is 1.20. The van der Waals surface area contributed by atoms with Gasteiger partial charge in [-0.25, -0.2) is 0 Å². The van der Waals surface area contributed by atoms with E-state index in [1.807, 2.05) is 0 Å². The summed E-state index contributed by atoms with van der Waals surface area (Å²) in [5.74, 6) is 0.113. The molecule has 0 rings (SSSR count). The summed E-state index contributed by atoms with van der Waals surface area (Å²) in [5, 5.41) is 2.90. The fraction of sp³-hybridized carbons (Fsp3) is 1.00. The average Bonchev–Trinajstić information content (AvgIpc) is 2.17. The summed E-state index contributed by atoms with van der Waals surface area (Å²) in [6.45, 7) is 3.16. The molecule has 0 aromatic rings. The molecule has 0 fully saturated rings. The van der Waals surface area contributed by atoms with E-state index >= 15 is 0 Å². The molecule has 4 nitrogen and oxygen atoms in total. The maximum absolute atomic E-state index is 11.3. The third-order valence-electron chi connectivity index (χ3n) is 2.08. The lowest BCUT2D eigenvalue weighted by atomic mass is 10.2. The van der Waals surface area contributed by atoms with Crippen molar-refractivity contribution in [3.63, 3.8) is 0 Å². The maximum atomic E-state index is 11.3. The summed E-state index contributed by atoms with van der Waals surface area (Å²) in [6, 6.07) is 0. The van der Waals surface area contributed by atoms with Crippen LogP contribution in [-0.4, -0.2) is 34.4 Å². The lowest BCUT2D eigenvalue weighted by Gasteiger charge is -2.05. The highest BCUT2D eigenvalue weighted by molar-refractivity contribution is 7.86. The predicted molar refractivity (Wildman–Crippen MR) is 62.4 cm³/mol. The molecule has 0 saturated heterocycles. The minimum Gasteiger partial charge on any atom is -0.320 e. The van der Waals surface area contributed by atoms with Crippen molar-refractivity contribution in [1.82, 2.24) is 5.32 Å². The second kappa shape index (κ2) is 9.12. The highest BCUT2D eigenvalue weighted by Gasteiger charge is 2.09. The van der Waals surface area contributed by atoms with Crippen molar-refractivity contribution in [3.05, 3.63) is 0 Å². The van der Waals surface area contributed by atoms with Crippen LogP contribution in [0.1, 0.15) is 39.0 Å². The van der Waals surface area contributed by atoms with Gasteiger partial charge >= 0.3 is 0 Å². The zero-order chi connectivity index (χ0) is 11.6. The monoisotopic (exact) mass is 237 g/mol. The van der Waals surface area contributed by atoms with Gasteiger partial charge in [0.1, 0.15) is 0 Å². The van der Waals surface area contributed by atoms with Crippen molar-refractivity contribution in [2.45, 2.75) is 39.0 Å². The van der Waals surface area contributed by atoms with Gasteiger partial charge in [0, 0.05) is 0 Å². The Hall–Kier alpha value is -0.130. The minimum absolute atomic E-state index is 0.113. The van der Waals surface area contributed by atoms with Gasteiger partial charge in [-0.2, -0.15) is 8.42 Å². The molecule has 0 saturated carbocycles. The van der Waals surface area contributed by atoms with Gasteiger partial charge in [0.05, 0.1) is 12.4 Å². The molecule has 0 aliphatic heterocycles. The first-order valence-electron chi connectivity index (χ1n) is 5.64. The summed E-state index contributed by atoms with van der Waals surface area (Å²) in [5.41, 5.74) is 0. The molecule has 0 aliphatic rings. The molecule has 0 aromatic heterocycles. The number of rotatable bonds is 10. The lowest BCUT2D eigenvalue weighted by molar-refractivity contribution is 0.306. The Bertz CT molecular complexity index is 227. The number of hydrogen-bond donors (Lipinski definition) is 1. The Morgan fingerprint density at radius 1 is 1.13 bits per heavy atom. The van der Waals surface area contributed by atoms with E-state index in [4.69, 9.17) is 4.18 Å². The van der Waals surface area contributed by atoms with Crippen LogP contribution in [0.2, 0.25) is 0 Å². The highest BCUT2D eigenvalue weighted by atomic mass is 32.2. The van der Waals surface area contributed by atoms with Crippen molar-refractivity contribution in [2.24, 2.45) is 0 Å². The second-order valence-corrected chi connectivity index (χ2v) is 5.36. The molecule has 0 radical (unpaired) electrons. The van der Waals surface area contributed by atoms with Crippen molar-refractivity contribution in [2.75, 3.05) is 26.0 Å². The van der Waals surface area contributed by atoms with Crippen LogP contribution in [0.4, 0.5) is 0 Å². The van der Waals surface area contributed by atoms with Crippen molar-refractivity contribution < 1.29 is 12.6 Å². The van der Waals surface area contributed by atoms with Gasteiger partial charge in [-0.05, 0) is 26.4 Å². The van der Waals surface area contributed by atoms with Gasteiger partial charge in [0.25, 0.3) is 10.1 Å². The lowest BCUT2D eigenvalue weighted by Crippen LogP contribution is -2.16. The second-order valence-electron chi connectivity index (χ2n) is 3.60. The van der Waals surface area contributed by atoms with Gasteiger partial charge in [-0.3, -0.25) is 4.18 Å². The van der Waals surface area contributed by atoms with E-state index in [1.54, 1.807) is 7.05 Å². The van der Waals surface area contributed by atoms with Gasteiger partial charge in [0.15, 0.2) is 0 Å². The van der Waals surface area contributed by atoms with E-state index in [0.717, 1.165) is 25.7 Å². The molecule has 0 amide bonds. The van der Waals surface area contributed by atoms with E-state index in [0.29, 0.717) is 19.6 Å². The van der Waals surface area contributed by atoms with Crippen LogP contribution < -0.4 is 5.32 Å². The van der Waals surface area contributed by atoms with E-state index in [2.05, 4.69) is 12.2 Å². The van der Waals surface area contributed by atoms with Crippen LogP contribution in [0, 0.1) is 0 Å². The van der Waals surface area contributed by atoms with Gasteiger partial charge in [-0.15, -0.1) is 0 Å². The Morgan fingerprint density at radius 3 is 2.47 bits per heavy atom. The van der Waals surface area contributed by atoms with E-state index in [-0.39, 0.29) is 5.75 Å². The molecule has 0 heterocycles. The molecular formula is C10H23NO3S. The first-order chi connectivity index (χ1) is 7.12. The SMILES string of the molecule is CCCCCCOS(=O)(=O)CCCNC. The third kappa shape index (κ3) is 10.2. The maximum Gasteiger partial charge on any atom is 0.267 e. The van der Waals surface area contributed by atoms with Crippen LogP contribution in [0.25, 0.3) is 0 Å². The van der Waals surface area contributed by atoms with Crippen molar-refractivity contribution >= 4 is 10.1 Å². The van der Waals surface area contributed by atoms with Crippen LogP contribution in [0.15, 0.2) is 0 Å². The molecule has 0 bridgehead atoms. The van der Waals surface area contributed by atoms with Crippen molar-refractivity contribution in [3.8, 4) is 0 Å². The molecule has 1 N–H and O–H groups in total. The van der Waals surface area contributed by atoms with Crippen molar-refractivity contribution in [1.29, 1.82) is 0 Å². The highest BCUT2D eigenvalue weighted by Crippen LogP contribution is 2.02. The molecule has 0 spiro atoms. The first kappa shape index (κ1) is 14.9. The molecule has 0 aromatic carbocycles. The van der Waals surface area contributed by atoms with E-state index in [1.165, 1.54) is 0 Å². The third-order valence-corrected chi connectivity index (χ3v) is 3.40. The molecule has 0 aliphatic carbocycles. The normalized spacial score (nSPS) is 11.9. The summed E-state index contributed by atoms with van der Waals surface area (Å²) in [6.07, 6.45) is 4.77. The van der Waals surface area contributed by atoms with Crippen LogP contribution in [-0.2, 0) is 14.3 Å². The quantitative estimate of drug-likeness (QED) is 0.462. The Morgan fingerprint density at radius 2 is 1.87 bits per heavy atom. The zero-order valence-electron chi connectivity index (χ0n) is 9.79. The van der Waals surface area contributed by atoms with Gasteiger partial charge in [-0.1, -0.05) is 26.2 Å². The molecular weight excluding hydrogens is 214 g/mol. The topological polar surface area (TPSA) is 55.4 Å². The Labute approximate surface area is 93.5 Å². The predicted octanol–water partition coefficient (Wildman–Crippen LogP) is 1.52. The van der Waals surface area contributed by atoms with Gasteiger partial charge in [0.2, 0.25) is 0 Å².